The zero-order valence-electron chi connectivity index (χ0n) is 13.7. The molecular formula is C15H27N5O. The summed E-state index contributed by atoms with van der Waals surface area (Å²) in [5.41, 5.74) is 0.925. The van der Waals surface area contributed by atoms with Crippen LogP contribution in [-0.4, -0.2) is 47.5 Å². The van der Waals surface area contributed by atoms with Gasteiger partial charge in [-0.2, -0.15) is 0 Å². The average molecular weight is 293 g/mol. The fourth-order valence-corrected chi connectivity index (χ4v) is 1.89. The monoisotopic (exact) mass is 293 g/mol. The first-order valence-electron chi connectivity index (χ1n) is 7.44. The molecule has 6 heteroatoms. The molecule has 1 heterocycles. The van der Waals surface area contributed by atoms with Crippen LogP contribution in [0, 0.1) is 12.8 Å². The SMILES string of the molecule is CCNc1cc(C)nc(CN(C)CC(=O)NCC(C)C)n1. The second-order valence-corrected chi connectivity index (χ2v) is 5.71. The highest BCUT2D eigenvalue weighted by Gasteiger charge is 2.10. The summed E-state index contributed by atoms with van der Waals surface area (Å²) in [5.74, 6) is 2.05. The zero-order chi connectivity index (χ0) is 15.8. The van der Waals surface area contributed by atoms with Crippen molar-refractivity contribution in [2.24, 2.45) is 5.92 Å². The molecule has 0 radical (unpaired) electrons. The highest BCUT2D eigenvalue weighted by Crippen LogP contribution is 2.07. The van der Waals surface area contributed by atoms with Crippen molar-refractivity contribution < 1.29 is 4.79 Å². The number of nitrogens with zero attached hydrogens (tertiary/aromatic N) is 3. The van der Waals surface area contributed by atoms with Gasteiger partial charge in [0, 0.05) is 24.8 Å². The molecule has 1 amide bonds. The third-order valence-electron chi connectivity index (χ3n) is 2.79. The number of carbonyl (C=O) groups is 1. The largest absolute Gasteiger partial charge is 0.370 e. The average Bonchev–Trinajstić information content (AvgIpc) is 2.35. The molecule has 0 unspecified atom stereocenters. The van der Waals surface area contributed by atoms with Crippen molar-refractivity contribution in [1.29, 1.82) is 0 Å². The van der Waals surface area contributed by atoms with Crippen LogP contribution in [0.25, 0.3) is 0 Å². The molecule has 0 aromatic carbocycles. The summed E-state index contributed by atoms with van der Waals surface area (Å²) in [7, 11) is 1.90. The summed E-state index contributed by atoms with van der Waals surface area (Å²) in [6.07, 6.45) is 0. The maximum absolute atomic E-state index is 11.8. The predicted octanol–water partition coefficient (Wildman–Crippen LogP) is 1.42. The molecule has 0 saturated carbocycles. The fraction of sp³-hybridized carbons (Fsp3) is 0.667. The molecule has 6 nitrogen and oxygen atoms in total. The van der Waals surface area contributed by atoms with Crippen LogP contribution in [0.1, 0.15) is 32.3 Å². The number of nitrogens with one attached hydrogen (secondary N) is 2. The van der Waals surface area contributed by atoms with E-state index in [1.165, 1.54) is 0 Å². The van der Waals surface area contributed by atoms with Crippen molar-refractivity contribution in [2.45, 2.75) is 34.2 Å². The van der Waals surface area contributed by atoms with E-state index in [-0.39, 0.29) is 5.91 Å². The van der Waals surface area contributed by atoms with Crippen LogP contribution < -0.4 is 10.6 Å². The summed E-state index contributed by atoms with van der Waals surface area (Å²) in [6, 6.07) is 1.92. The number of hydrogen-bond donors (Lipinski definition) is 2. The van der Waals surface area contributed by atoms with Crippen LogP contribution in [0.4, 0.5) is 5.82 Å². The van der Waals surface area contributed by atoms with Gasteiger partial charge in [-0.25, -0.2) is 9.97 Å². The number of carbonyl (C=O) groups excluding carboxylic acids is 1. The third-order valence-corrected chi connectivity index (χ3v) is 2.79. The molecule has 0 aliphatic rings. The van der Waals surface area contributed by atoms with Gasteiger partial charge in [-0.05, 0) is 26.8 Å². The Morgan fingerprint density at radius 3 is 2.71 bits per heavy atom. The second kappa shape index (κ2) is 8.56. The molecule has 21 heavy (non-hydrogen) atoms. The number of aromatic nitrogens is 2. The molecule has 0 saturated heterocycles. The lowest BCUT2D eigenvalue weighted by molar-refractivity contribution is -0.122. The first-order valence-corrected chi connectivity index (χ1v) is 7.44. The number of likely N-dealkylation sites (N-methyl/N-ethyl adjacent to an activating group) is 1. The van der Waals surface area contributed by atoms with Crippen LogP contribution in [0.3, 0.4) is 0 Å². The maximum atomic E-state index is 11.8. The van der Waals surface area contributed by atoms with E-state index in [0.29, 0.717) is 25.6 Å². The van der Waals surface area contributed by atoms with E-state index >= 15 is 0 Å². The number of amides is 1. The van der Waals surface area contributed by atoms with Crippen molar-refractivity contribution in [3.05, 3.63) is 17.6 Å². The fourth-order valence-electron chi connectivity index (χ4n) is 1.89. The minimum absolute atomic E-state index is 0.0331. The Labute approximate surface area is 127 Å². The van der Waals surface area contributed by atoms with Gasteiger partial charge >= 0.3 is 0 Å². The van der Waals surface area contributed by atoms with Crippen LogP contribution >= 0.6 is 0 Å². The van der Waals surface area contributed by atoms with Crippen molar-refractivity contribution in [2.75, 3.05) is 32.0 Å². The number of hydrogen-bond acceptors (Lipinski definition) is 5. The summed E-state index contributed by atoms with van der Waals surface area (Å²) in [5, 5.41) is 6.09. The smallest absolute Gasteiger partial charge is 0.234 e. The third kappa shape index (κ3) is 7.04. The molecule has 1 aromatic rings. The van der Waals surface area contributed by atoms with Crippen LogP contribution in [-0.2, 0) is 11.3 Å². The van der Waals surface area contributed by atoms with Crippen molar-refractivity contribution in [3.8, 4) is 0 Å². The van der Waals surface area contributed by atoms with E-state index in [1.807, 2.05) is 31.9 Å². The van der Waals surface area contributed by atoms with Gasteiger partial charge in [-0.1, -0.05) is 13.8 Å². The molecule has 0 aliphatic heterocycles. The molecular weight excluding hydrogens is 266 g/mol. The lowest BCUT2D eigenvalue weighted by Crippen LogP contribution is -2.36. The molecule has 0 spiro atoms. The van der Waals surface area contributed by atoms with Gasteiger partial charge < -0.3 is 10.6 Å². The van der Waals surface area contributed by atoms with Gasteiger partial charge in [-0.3, -0.25) is 9.69 Å². The Morgan fingerprint density at radius 1 is 1.38 bits per heavy atom. The zero-order valence-corrected chi connectivity index (χ0v) is 13.7. The Kier molecular flexibility index (Phi) is 7.08. The Balaban J connectivity index is 2.54. The second-order valence-electron chi connectivity index (χ2n) is 5.71. The normalized spacial score (nSPS) is 11.0. The predicted molar refractivity (Wildman–Crippen MR) is 85.1 cm³/mol. The number of anilines is 1. The lowest BCUT2D eigenvalue weighted by Gasteiger charge is -2.16. The topological polar surface area (TPSA) is 70.2 Å². The maximum Gasteiger partial charge on any atom is 0.234 e. The van der Waals surface area contributed by atoms with Gasteiger partial charge in [0.2, 0.25) is 5.91 Å². The van der Waals surface area contributed by atoms with Crippen molar-refractivity contribution >= 4 is 11.7 Å². The Morgan fingerprint density at radius 2 is 2.10 bits per heavy atom. The molecule has 2 N–H and O–H groups in total. The van der Waals surface area contributed by atoms with Crippen LogP contribution in [0.5, 0.6) is 0 Å². The highest BCUT2D eigenvalue weighted by molar-refractivity contribution is 5.77. The minimum Gasteiger partial charge on any atom is -0.370 e. The quantitative estimate of drug-likeness (QED) is 0.758. The van der Waals surface area contributed by atoms with E-state index in [9.17, 15) is 4.79 Å². The summed E-state index contributed by atoms with van der Waals surface area (Å²) in [4.78, 5) is 22.6. The molecule has 0 aliphatic carbocycles. The molecule has 118 valence electrons. The van der Waals surface area contributed by atoms with Gasteiger partial charge in [-0.15, -0.1) is 0 Å². The first-order chi connectivity index (χ1) is 9.90. The number of aryl methyl sites for hydroxylation is 1. The van der Waals surface area contributed by atoms with Gasteiger partial charge in [0.05, 0.1) is 13.1 Å². The Hall–Kier alpha value is -1.69. The van der Waals surface area contributed by atoms with E-state index in [1.54, 1.807) is 0 Å². The van der Waals surface area contributed by atoms with Crippen molar-refractivity contribution in [3.63, 3.8) is 0 Å². The standard InChI is InChI=1S/C15H27N5O/c1-6-16-13-7-12(4)18-14(19-13)9-20(5)10-15(21)17-8-11(2)3/h7,11H,6,8-10H2,1-5H3,(H,17,21)(H,16,18,19). The molecule has 0 atom stereocenters. The Bertz CT molecular complexity index is 461. The highest BCUT2D eigenvalue weighted by atomic mass is 16.2. The molecule has 1 rings (SSSR count). The lowest BCUT2D eigenvalue weighted by atomic mass is 10.2. The van der Waals surface area contributed by atoms with Gasteiger partial charge in [0.25, 0.3) is 0 Å². The molecule has 1 aromatic heterocycles. The van der Waals surface area contributed by atoms with Crippen LogP contribution in [0.15, 0.2) is 6.07 Å². The van der Waals surface area contributed by atoms with Gasteiger partial charge in [0.1, 0.15) is 11.6 Å². The molecule has 0 fully saturated rings. The number of rotatable bonds is 8. The van der Waals surface area contributed by atoms with E-state index < -0.39 is 0 Å². The van der Waals surface area contributed by atoms with Gasteiger partial charge in [0.15, 0.2) is 0 Å². The molecule has 0 bridgehead atoms. The first kappa shape index (κ1) is 17.4. The van der Waals surface area contributed by atoms with Crippen molar-refractivity contribution in [1.82, 2.24) is 20.2 Å². The summed E-state index contributed by atoms with van der Waals surface area (Å²) in [6.45, 7) is 10.6. The van der Waals surface area contributed by atoms with E-state index in [2.05, 4.69) is 34.4 Å². The minimum atomic E-state index is 0.0331. The van der Waals surface area contributed by atoms with Crippen LogP contribution in [0.2, 0.25) is 0 Å². The summed E-state index contributed by atoms with van der Waals surface area (Å²) < 4.78 is 0. The van der Waals surface area contributed by atoms with E-state index in [0.717, 1.165) is 23.9 Å². The summed E-state index contributed by atoms with van der Waals surface area (Å²) >= 11 is 0. The van der Waals surface area contributed by atoms with E-state index in [4.69, 9.17) is 0 Å².